The molecule has 2 amide bonds. The highest BCUT2D eigenvalue weighted by molar-refractivity contribution is 5.98. The van der Waals surface area contributed by atoms with Crippen molar-refractivity contribution in [2.45, 2.75) is 6.18 Å². The highest BCUT2D eigenvalue weighted by Gasteiger charge is 2.30. The van der Waals surface area contributed by atoms with Gasteiger partial charge in [0.05, 0.1) is 5.56 Å². The summed E-state index contributed by atoms with van der Waals surface area (Å²) in [7, 11) is 0. The first-order valence-electron chi connectivity index (χ1n) is 4.94. The zero-order chi connectivity index (χ0) is 13.9. The minimum absolute atomic E-state index is 0.00387. The van der Waals surface area contributed by atoms with Crippen LogP contribution in [0.15, 0.2) is 24.3 Å². The average Bonchev–Trinajstić information content (AvgIpc) is 2.80. The van der Waals surface area contributed by atoms with Crippen LogP contribution in [0.25, 0.3) is 0 Å². The molecular weight excluding hydrogens is 265 g/mol. The van der Waals surface area contributed by atoms with Gasteiger partial charge in [-0.1, -0.05) is 11.2 Å². The van der Waals surface area contributed by atoms with E-state index in [-0.39, 0.29) is 11.6 Å². The van der Waals surface area contributed by atoms with Crippen molar-refractivity contribution < 1.29 is 18.0 Å². The van der Waals surface area contributed by atoms with Crippen LogP contribution in [0.1, 0.15) is 5.56 Å². The Morgan fingerprint density at radius 1 is 1.26 bits per heavy atom. The largest absolute Gasteiger partial charge is 0.416 e. The number of nitrogens with zero attached hydrogens (tertiary/aromatic N) is 3. The topological polar surface area (TPSA) is 95.6 Å². The normalized spacial score (nSPS) is 11.1. The van der Waals surface area contributed by atoms with Gasteiger partial charge in [-0.25, -0.2) is 4.79 Å². The Labute approximate surface area is 104 Å². The van der Waals surface area contributed by atoms with Gasteiger partial charge in [-0.3, -0.25) is 5.32 Å². The molecule has 0 radical (unpaired) electrons. The van der Waals surface area contributed by atoms with Gasteiger partial charge < -0.3 is 5.32 Å². The molecule has 0 aliphatic heterocycles. The van der Waals surface area contributed by atoms with Gasteiger partial charge >= 0.3 is 12.2 Å². The first-order valence-corrected chi connectivity index (χ1v) is 4.94. The van der Waals surface area contributed by atoms with Crippen molar-refractivity contribution in [2.24, 2.45) is 0 Å². The lowest BCUT2D eigenvalue weighted by Gasteiger charge is -2.09. The van der Waals surface area contributed by atoms with Crippen LogP contribution in [0.3, 0.4) is 0 Å². The Hall–Kier alpha value is -2.65. The predicted octanol–water partition coefficient (Wildman–Crippen LogP) is 1.86. The van der Waals surface area contributed by atoms with Crippen LogP contribution in [0.5, 0.6) is 0 Å². The maximum atomic E-state index is 12.4. The molecule has 0 aliphatic rings. The Balaban J connectivity index is 2.05. The Kier molecular flexibility index (Phi) is 3.31. The molecule has 0 saturated heterocycles. The number of urea groups is 1. The summed E-state index contributed by atoms with van der Waals surface area (Å²) in [6, 6.07) is 3.45. The van der Waals surface area contributed by atoms with E-state index in [1.165, 1.54) is 12.1 Å². The first kappa shape index (κ1) is 12.8. The standard InChI is InChI=1S/C9H7F3N6O/c10-9(11,12)5-2-1-3-6(4-5)13-8(19)14-7-15-17-18-16-7/h1-4H,(H3,13,14,15,16,17,18,19). The Morgan fingerprint density at radius 2 is 2.05 bits per heavy atom. The van der Waals surface area contributed by atoms with Crippen LogP contribution >= 0.6 is 0 Å². The first-order chi connectivity index (χ1) is 8.95. The number of aromatic nitrogens is 4. The summed E-state index contributed by atoms with van der Waals surface area (Å²) in [5.74, 6) is -0.0931. The molecule has 7 nitrogen and oxygen atoms in total. The van der Waals surface area contributed by atoms with Crippen molar-refractivity contribution in [1.29, 1.82) is 0 Å². The number of rotatable bonds is 2. The summed E-state index contributed by atoms with van der Waals surface area (Å²) in [6.07, 6.45) is -4.47. The summed E-state index contributed by atoms with van der Waals surface area (Å²) in [5, 5.41) is 16.6. The van der Waals surface area contributed by atoms with Gasteiger partial charge in [0.1, 0.15) is 0 Å². The maximum absolute atomic E-state index is 12.4. The van der Waals surface area contributed by atoms with Crippen LogP contribution in [-0.4, -0.2) is 26.7 Å². The number of hydrogen-bond donors (Lipinski definition) is 3. The van der Waals surface area contributed by atoms with E-state index in [9.17, 15) is 18.0 Å². The molecule has 10 heteroatoms. The number of nitrogens with one attached hydrogen (secondary N) is 3. The molecule has 0 spiro atoms. The molecular formula is C9H7F3N6O. The molecule has 2 rings (SSSR count). The Morgan fingerprint density at radius 3 is 2.68 bits per heavy atom. The molecule has 100 valence electrons. The highest BCUT2D eigenvalue weighted by Crippen LogP contribution is 2.30. The van der Waals surface area contributed by atoms with Gasteiger partial charge in [-0.2, -0.15) is 18.4 Å². The van der Waals surface area contributed by atoms with E-state index >= 15 is 0 Å². The van der Waals surface area contributed by atoms with Gasteiger partial charge in [0, 0.05) is 5.69 Å². The van der Waals surface area contributed by atoms with Gasteiger partial charge in [-0.15, -0.1) is 5.10 Å². The number of carbonyl (C=O) groups is 1. The number of alkyl halides is 3. The van der Waals surface area contributed by atoms with Crippen molar-refractivity contribution in [1.82, 2.24) is 20.6 Å². The fourth-order valence-corrected chi connectivity index (χ4v) is 1.25. The molecule has 1 heterocycles. The smallest absolute Gasteiger partial charge is 0.308 e. The van der Waals surface area contributed by atoms with E-state index < -0.39 is 17.8 Å². The number of benzene rings is 1. The second kappa shape index (κ2) is 4.92. The number of anilines is 2. The second-order valence-corrected chi connectivity index (χ2v) is 3.39. The van der Waals surface area contributed by atoms with E-state index in [4.69, 9.17) is 0 Å². The number of amides is 2. The molecule has 0 fully saturated rings. The van der Waals surface area contributed by atoms with Gasteiger partial charge in [0.2, 0.25) is 0 Å². The molecule has 0 saturated carbocycles. The predicted molar refractivity (Wildman–Crippen MR) is 58.3 cm³/mol. The number of halogens is 3. The minimum Gasteiger partial charge on any atom is -0.308 e. The fourth-order valence-electron chi connectivity index (χ4n) is 1.25. The van der Waals surface area contributed by atoms with E-state index in [1.54, 1.807) is 0 Å². The minimum atomic E-state index is -4.47. The van der Waals surface area contributed by atoms with Crippen LogP contribution in [0.2, 0.25) is 0 Å². The number of tetrazole rings is 1. The lowest BCUT2D eigenvalue weighted by Crippen LogP contribution is -2.20. The monoisotopic (exact) mass is 272 g/mol. The Bertz CT molecular complexity index is 568. The van der Waals surface area contributed by atoms with Gasteiger partial charge in [0.25, 0.3) is 5.95 Å². The molecule has 0 bridgehead atoms. The molecule has 3 N–H and O–H groups in total. The van der Waals surface area contributed by atoms with Gasteiger partial charge in [0.15, 0.2) is 0 Å². The molecule has 0 unspecified atom stereocenters. The second-order valence-electron chi connectivity index (χ2n) is 3.39. The number of aromatic amines is 1. The number of H-pyrrole nitrogens is 1. The number of hydrogen-bond acceptors (Lipinski definition) is 4. The summed E-state index contributed by atoms with van der Waals surface area (Å²) in [6.45, 7) is 0. The van der Waals surface area contributed by atoms with E-state index in [0.29, 0.717) is 0 Å². The average molecular weight is 272 g/mol. The number of carbonyl (C=O) groups excluding carboxylic acids is 1. The molecule has 1 aromatic heterocycles. The quantitative estimate of drug-likeness (QED) is 0.777. The van der Waals surface area contributed by atoms with Gasteiger partial charge in [-0.05, 0) is 23.4 Å². The summed E-state index contributed by atoms with van der Waals surface area (Å²) < 4.78 is 37.3. The fraction of sp³-hybridized carbons (Fsp3) is 0.111. The van der Waals surface area contributed by atoms with Crippen molar-refractivity contribution >= 4 is 17.7 Å². The summed E-state index contributed by atoms with van der Waals surface area (Å²) >= 11 is 0. The van der Waals surface area contributed by atoms with Crippen molar-refractivity contribution in [2.75, 3.05) is 10.6 Å². The SMILES string of the molecule is O=C(Nc1cccc(C(F)(F)F)c1)Nc1nn[nH]n1. The van der Waals surface area contributed by atoms with Crippen LogP contribution in [0, 0.1) is 0 Å². The zero-order valence-corrected chi connectivity index (χ0v) is 9.19. The van der Waals surface area contributed by atoms with Crippen molar-refractivity contribution in [3.63, 3.8) is 0 Å². The lowest BCUT2D eigenvalue weighted by molar-refractivity contribution is -0.137. The highest BCUT2D eigenvalue weighted by atomic mass is 19.4. The third kappa shape index (κ3) is 3.40. The summed E-state index contributed by atoms with van der Waals surface area (Å²) in [5.41, 5.74) is -0.860. The van der Waals surface area contributed by atoms with Crippen LogP contribution in [-0.2, 0) is 6.18 Å². The third-order valence-electron chi connectivity index (χ3n) is 2.02. The van der Waals surface area contributed by atoms with E-state index in [0.717, 1.165) is 12.1 Å². The van der Waals surface area contributed by atoms with E-state index in [1.807, 2.05) is 0 Å². The van der Waals surface area contributed by atoms with Crippen molar-refractivity contribution in [3.8, 4) is 0 Å². The molecule has 0 atom stereocenters. The van der Waals surface area contributed by atoms with Crippen LogP contribution < -0.4 is 10.6 Å². The molecule has 2 aromatic rings. The maximum Gasteiger partial charge on any atom is 0.416 e. The zero-order valence-electron chi connectivity index (χ0n) is 9.19. The molecule has 1 aromatic carbocycles. The van der Waals surface area contributed by atoms with Crippen molar-refractivity contribution in [3.05, 3.63) is 29.8 Å². The van der Waals surface area contributed by atoms with E-state index in [2.05, 4.69) is 31.3 Å². The van der Waals surface area contributed by atoms with Crippen LogP contribution in [0.4, 0.5) is 29.6 Å². The summed E-state index contributed by atoms with van der Waals surface area (Å²) in [4.78, 5) is 11.4. The molecule has 0 aliphatic carbocycles. The molecule has 19 heavy (non-hydrogen) atoms. The third-order valence-corrected chi connectivity index (χ3v) is 2.02. The lowest BCUT2D eigenvalue weighted by atomic mass is 10.2.